The zero-order valence-corrected chi connectivity index (χ0v) is 17.2. The second-order valence-corrected chi connectivity index (χ2v) is 6.97. The van der Waals surface area contributed by atoms with Crippen LogP contribution in [-0.4, -0.2) is 62.2 Å². The number of benzene rings is 1. The molecule has 6 nitrogen and oxygen atoms in total. The summed E-state index contributed by atoms with van der Waals surface area (Å²) in [5, 5.41) is 3.44. The summed E-state index contributed by atoms with van der Waals surface area (Å²) in [4.78, 5) is 14.0. The van der Waals surface area contributed by atoms with Crippen molar-refractivity contribution in [1.29, 1.82) is 0 Å². The number of hydrogen-bond donors (Lipinski definition) is 1. The predicted molar refractivity (Wildman–Crippen MR) is 115 cm³/mol. The van der Waals surface area contributed by atoms with Crippen LogP contribution in [-0.2, 0) is 6.42 Å². The fourth-order valence-electron chi connectivity index (χ4n) is 3.35. The molecule has 1 fully saturated rings. The smallest absolute Gasteiger partial charge is 0.194 e. The van der Waals surface area contributed by atoms with Gasteiger partial charge in [0.05, 0.1) is 7.11 Å². The van der Waals surface area contributed by atoms with Crippen molar-refractivity contribution in [1.82, 2.24) is 15.2 Å². The van der Waals surface area contributed by atoms with Gasteiger partial charge in [-0.15, -0.1) is 0 Å². The van der Waals surface area contributed by atoms with E-state index in [1.807, 2.05) is 25.3 Å². The van der Waals surface area contributed by atoms with Gasteiger partial charge >= 0.3 is 0 Å². The lowest BCUT2D eigenvalue weighted by Crippen LogP contribution is -2.52. The van der Waals surface area contributed by atoms with Gasteiger partial charge in [0.1, 0.15) is 5.75 Å². The van der Waals surface area contributed by atoms with E-state index in [2.05, 4.69) is 51.3 Å². The minimum atomic E-state index is 0.767. The Balaban J connectivity index is 1.56. The van der Waals surface area contributed by atoms with Crippen LogP contribution in [0.25, 0.3) is 0 Å². The van der Waals surface area contributed by atoms with Crippen molar-refractivity contribution in [2.24, 2.45) is 4.99 Å². The summed E-state index contributed by atoms with van der Waals surface area (Å²) in [7, 11) is 1.71. The first kappa shape index (κ1) is 20.0. The van der Waals surface area contributed by atoms with Crippen LogP contribution in [0.5, 0.6) is 5.75 Å². The van der Waals surface area contributed by atoms with Crippen LogP contribution in [0.4, 0.5) is 5.69 Å². The maximum atomic E-state index is 5.35. The number of nitrogens with one attached hydrogen (secondary N) is 1. The van der Waals surface area contributed by atoms with Gasteiger partial charge in [-0.2, -0.15) is 0 Å². The number of anilines is 1. The zero-order chi connectivity index (χ0) is 19.8. The molecular weight excluding hydrogens is 350 g/mol. The molecule has 150 valence electrons. The Hall–Kier alpha value is -2.76. The van der Waals surface area contributed by atoms with Crippen LogP contribution in [0.1, 0.15) is 18.2 Å². The lowest BCUT2D eigenvalue weighted by Gasteiger charge is -2.37. The number of methoxy groups -OCH3 is 1. The van der Waals surface area contributed by atoms with E-state index in [1.54, 1.807) is 7.11 Å². The molecule has 2 aromatic rings. The zero-order valence-electron chi connectivity index (χ0n) is 17.2. The third kappa shape index (κ3) is 5.38. The molecule has 0 amide bonds. The summed E-state index contributed by atoms with van der Waals surface area (Å²) in [6.07, 6.45) is 2.86. The summed E-state index contributed by atoms with van der Waals surface area (Å²) < 4.78 is 5.35. The van der Waals surface area contributed by atoms with Crippen molar-refractivity contribution in [2.75, 3.05) is 51.3 Å². The molecule has 0 spiro atoms. The SMILES string of the molecule is CCNC(=NCCc1ccc(C)nc1)N1CCN(c2cccc(OC)c2)CC1. The third-order valence-electron chi connectivity index (χ3n) is 4.97. The Bertz CT molecular complexity index is 767. The number of piperazine rings is 1. The molecule has 1 aliphatic heterocycles. The van der Waals surface area contributed by atoms with Crippen LogP contribution in [0.2, 0.25) is 0 Å². The van der Waals surface area contributed by atoms with Crippen LogP contribution < -0.4 is 15.0 Å². The number of aromatic nitrogens is 1. The van der Waals surface area contributed by atoms with Crippen molar-refractivity contribution < 1.29 is 4.74 Å². The van der Waals surface area contributed by atoms with Gasteiger partial charge in [-0.1, -0.05) is 12.1 Å². The summed E-state index contributed by atoms with van der Waals surface area (Å²) in [5.41, 5.74) is 3.50. The van der Waals surface area contributed by atoms with Gasteiger partial charge in [0, 0.05) is 62.9 Å². The molecule has 28 heavy (non-hydrogen) atoms. The number of ether oxygens (including phenoxy) is 1. The lowest BCUT2D eigenvalue weighted by atomic mass is 10.2. The maximum absolute atomic E-state index is 5.35. The Kier molecular flexibility index (Phi) is 7.12. The largest absolute Gasteiger partial charge is 0.497 e. The van der Waals surface area contributed by atoms with Gasteiger partial charge < -0.3 is 19.9 Å². The number of hydrogen-bond acceptors (Lipinski definition) is 4. The highest BCUT2D eigenvalue weighted by Gasteiger charge is 2.20. The molecule has 1 N–H and O–H groups in total. The maximum Gasteiger partial charge on any atom is 0.194 e. The summed E-state index contributed by atoms with van der Waals surface area (Å²) in [5.74, 6) is 1.91. The molecule has 0 radical (unpaired) electrons. The first-order chi connectivity index (χ1) is 13.7. The summed E-state index contributed by atoms with van der Waals surface area (Å²) >= 11 is 0. The molecule has 3 rings (SSSR count). The summed E-state index contributed by atoms with van der Waals surface area (Å²) in [6.45, 7) is 9.62. The van der Waals surface area contributed by atoms with Gasteiger partial charge in [-0.05, 0) is 44.0 Å². The van der Waals surface area contributed by atoms with Gasteiger partial charge in [0.25, 0.3) is 0 Å². The first-order valence-corrected chi connectivity index (χ1v) is 10.0. The number of nitrogens with zero attached hydrogens (tertiary/aromatic N) is 4. The highest BCUT2D eigenvalue weighted by molar-refractivity contribution is 5.80. The molecule has 1 saturated heterocycles. The Morgan fingerprint density at radius 3 is 2.68 bits per heavy atom. The average molecular weight is 382 g/mol. The second-order valence-electron chi connectivity index (χ2n) is 6.97. The van der Waals surface area contributed by atoms with Crippen LogP contribution >= 0.6 is 0 Å². The molecule has 2 heterocycles. The van der Waals surface area contributed by atoms with Crippen LogP contribution in [0, 0.1) is 6.92 Å². The first-order valence-electron chi connectivity index (χ1n) is 10.0. The molecular formula is C22H31N5O. The normalized spacial score (nSPS) is 14.9. The van der Waals surface area contributed by atoms with Gasteiger partial charge in [-0.25, -0.2) is 0 Å². The minimum Gasteiger partial charge on any atom is -0.497 e. The van der Waals surface area contributed by atoms with Crippen molar-refractivity contribution in [3.8, 4) is 5.75 Å². The molecule has 0 aliphatic carbocycles. The van der Waals surface area contributed by atoms with E-state index < -0.39 is 0 Å². The van der Waals surface area contributed by atoms with Gasteiger partial charge in [0.2, 0.25) is 0 Å². The van der Waals surface area contributed by atoms with E-state index >= 15 is 0 Å². The Labute approximate surface area is 168 Å². The standard InChI is InChI=1S/C22H31N5O/c1-4-23-22(24-11-10-19-9-8-18(2)25-17-19)27-14-12-26(13-15-27)20-6-5-7-21(16-20)28-3/h5-9,16-17H,4,10-15H2,1-3H3,(H,23,24). The van der Waals surface area contributed by atoms with Crippen molar-refractivity contribution in [3.63, 3.8) is 0 Å². The van der Waals surface area contributed by atoms with Crippen molar-refractivity contribution >= 4 is 11.6 Å². The fraction of sp³-hybridized carbons (Fsp3) is 0.455. The number of rotatable bonds is 6. The van der Waals surface area contributed by atoms with E-state index in [4.69, 9.17) is 9.73 Å². The highest BCUT2D eigenvalue weighted by Crippen LogP contribution is 2.22. The molecule has 1 aliphatic rings. The molecule has 0 atom stereocenters. The summed E-state index contributed by atoms with van der Waals surface area (Å²) in [6, 6.07) is 12.5. The fourth-order valence-corrected chi connectivity index (χ4v) is 3.35. The molecule has 0 unspecified atom stereocenters. The Morgan fingerprint density at radius 1 is 1.18 bits per heavy atom. The van der Waals surface area contributed by atoms with Gasteiger partial charge in [0.15, 0.2) is 5.96 Å². The molecule has 0 bridgehead atoms. The van der Waals surface area contributed by atoms with E-state index in [-0.39, 0.29) is 0 Å². The van der Waals surface area contributed by atoms with E-state index in [0.29, 0.717) is 0 Å². The van der Waals surface area contributed by atoms with Crippen molar-refractivity contribution in [3.05, 3.63) is 53.9 Å². The number of guanidine groups is 1. The van der Waals surface area contributed by atoms with E-state index in [9.17, 15) is 0 Å². The van der Waals surface area contributed by atoms with Crippen LogP contribution in [0.15, 0.2) is 47.6 Å². The molecule has 6 heteroatoms. The average Bonchev–Trinajstić information content (AvgIpc) is 2.75. The minimum absolute atomic E-state index is 0.767. The molecule has 1 aromatic heterocycles. The highest BCUT2D eigenvalue weighted by atomic mass is 16.5. The Morgan fingerprint density at radius 2 is 2.00 bits per heavy atom. The number of aliphatic imine (C=N–C) groups is 1. The molecule has 0 saturated carbocycles. The van der Waals surface area contributed by atoms with Crippen LogP contribution in [0.3, 0.4) is 0 Å². The second kappa shape index (κ2) is 9.97. The van der Waals surface area contributed by atoms with E-state index in [0.717, 1.165) is 63.1 Å². The lowest BCUT2D eigenvalue weighted by molar-refractivity contribution is 0.372. The van der Waals surface area contributed by atoms with Crippen molar-refractivity contribution in [2.45, 2.75) is 20.3 Å². The quantitative estimate of drug-likeness (QED) is 0.616. The van der Waals surface area contributed by atoms with E-state index in [1.165, 1.54) is 11.3 Å². The number of aryl methyl sites for hydroxylation is 1. The molecule has 1 aromatic carbocycles. The van der Waals surface area contributed by atoms with Gasteiger partial charge in [-0.3, -0.25) is 9.98 Å². The monoisotopic (exact) mass is 381 g/mol. The number of pyridine rings is 1. The predicted octanol–water partition coefficient (Wildman–Crippen LogP) is 2.73. The third-order valence-corrected chi connectivity index (χ3v) is 4.97. The topological polar surface area (TPSA) is 53.0 Å².